The summed E-state index contributed by atoms with van der Waals surface area (Å²) in [6.07, 6.45) is 1.47. The van der Waals surface area contributed by atoms with Gasteiger partial charge in [-0.15, -0.1) is 0 Å². The van der Waals surface area contributed by atoms with Gasteiger partial charge < -0.3 is 10.4 Å². The van der Waals surface area contributed by atoms with Crippen molar-refractivity contribution in [3.05, 3.63) is 63.0 Å². The van der Waals surface area contributed by atoms with Crippen LogP contribution in [0.5, 0.6) is 5.75 Å². The van der Waals surface area contributed by atoms with E-state index in [1.165, 1.54) is 30.3 Å². The highest BCUT2D eigenvalue weighted by molar-refractivity contribution is 8.18. The van der Waals surface area contributed by atoms with Gasteiger partial charge in [0.1, 0.15) is 12.3 Å². The van der Waals surface area contributed by atoms with Crippen molar-refractivity contribution in [2.45, 2.75) is 0 Å². The van der Waals surface area contributed by atoms with Crippen molar-refractivity contribution in [1.82, 2.24) is 4.90 Å². The molecule has 3 amide bonds. The second-order valence-electron chi connectivity index (χ2n) is 5.51. The van der Waals surface area contributed by atoms with Gasteiger partial charge in [-0.3, -0.25) is 19.3 Å². The zero-order valence-corrected chi connectivity index (χ0v) is 15.9. The Morgan fingerprint density at radius 1 is 1.15 bits per heavy atom. The molecule has 2 aromatic rings. The van der Waals surface area contributed by atoms with Crippen LogP contribution in [0.1, 0.15) is 5.56 Å². The largest absolute Gasteiger partial charge is 0.508 e. The van der Waals surface area contributed by atoms with Crippen LogP contribution >= 0.6 is 35.0 Å². The number of nitrogens with one attached hydrogen (secondary N) is 1. The molecule has 6 nitrogen and oxygen atoms in total. The highest BCUT2D eigenvalue weighted by Crippen LogP contribution is 2.34. The van der Waals surface area contributed by atoms with Gasteiger partial charge in [-0.05, 0) is 53.7 Å². The average Bonchev–Trinajstić information content (AvgIpc) is 2.88. The molecule has 1 saturated heterocycles. The first-order valence-corrected chi connectivity index (χ1v) is 9.20. The van der Waals surface area contributed by atoms with Crippen molar-refractivity contribution in [3.63, 3.8) is 0 Å². The molecule has 0 aromatic heterocycles. The maximum Gasteiger partial charge on any atom is 0.294 e. The number of thioether (sulfide) groups is 1. The molecule has 9 heteroatoms. The third-order valence-electron chi connectivity index (χ3n) is 3.59. The number of hydrogen-bond donors (Lipinski definition) is 2. The van der Waals surface area contributed by atoms with Gasteiger partial charge in [0, 0.05) is 5.69 Å². The lowest BCUT2D eigenvalue weighted by atomic mass is 10.2. The monoisotopic (exact) mass is 422 g/mol. The van der Waals surface area contributed by atoms with Crippen LogP contribution in [-0.2, 0) is 9.59 Å². The Bertz CT molecular complexity index is 960. The van der Waals surface area contributed by atoms with Crippen LogP contribution < -0.4 is 5.32 Å². The number of nitrogens with zero attached hydrogens (tertiary/aromatic N) is 1. The van der Waals surface area contributed by atoms with E-state index in [1.54, 1.807) is 18.2 Å². The predicted octanol–water partition coefficient (Wildman–Crippen LogP) is 4.37. The van der Waals surface area contributed by atoms with E-state index in [4.69, 9.17) is 23.2 Å². The Kier molecular flexibility index (Phi) is 5.74. The fourth-order valence-electron chi connectivity index (χ4n) is 2.30. The van der Waals surface area contributed by atoms with Crippen molar-refractivity contribution in [3.8, 4) is 5.75 Å². The number of rotatable bonds is 4. The van der Waals surface area contributed by atoms with Crippen LogP contribution in [0.15, 0.2) is 47.4 Å². The SMILES string of the molecule is O=C(CN1C(=O)S/C(=C\c2cccc(Cl)c2Cl)C1=O)Nc1ccc(O)cc1. The zero-order chi connectivity index (χ0) is 19.6. The molecular weight excluding hydrogens is 411 g/mol. The summed E-state index contributed by atoms with van der Waals surface area (Å²) in [4.78, 5) is 37.7. The van der Waals surface area contributed by atoms with E-state index < -0.39 is 23.6 Å². The minimum atomic E-state index is -0.582. The Balaban J connectivity index is 1.72. The fourth-order valence-corrected chi connectivity index (χ4v) is 3.49. The Labute approximate surface area is 168 Å². The van der Waals surface area contributed by atoms with E-state index in [2.05, 4.69) is 5.32 Å². The fraction of sp³-hybridized carbons (Fsp3) is 0.0556. The minimum Gasteiger partial charge on any atom is -0.508 e. The lowest BCUT2D eigenvalue weighted by molar-refractivity contribution is -0.127. The smallest absolute Gasteiger partial charge is 0.294 e. The number of phenolic OH excluding ortho intramolecular Hbond substituents is 1. The quantitative estimate of drug-likeness (QED) is 0.563. The van der Waals surface area contributed by atoms with Crippen LogP contribution in [-0.4, -0.2) is 33.6 Å². The summed E-state index contributed by atoms with van der Waals surface area (Å²) >= 11 is 12.8. The van der Waals surface area contributed by atoms with Gasteiger partial charge in [0.05, 0.1) is 15.0 Å². The number of aromatic hydroxyl groups is 1. The molecule has 1 aliphatic rings. The second-order valence-corrected chi connectivity index (χ2v) is 7.28. The van der Waals surface area contributed by atoms with E-state index in [-0.39, 0.29) is 15.7 Å². The number of anilines is 1. The third-order valence-corrected chi connectivity index (χ3v) is 5.34. The second kappa shape index (κ2) is 8.04. The predicted molar refractivity (Wildman–Crippen MR) is 106 cm³/mol. The van der Waals surface area contributed by atoms with Gasteiger partial charge in [0.2, 0.25) is 5.91 Å². The molecule has 0 atom stereocenters. The number of imide groups is 1. The van der Waals surface area contributed by atoms with Gasteiger partial charge in [-0.1, -0.05) is 35.3 Å². The molecule has 0 saturated carbocycles. The standard InChI is InChI=1S/C18H12Cl2N2O4S/c19-13-3-1-2-10(16(13)20)8-14-17(25)22(18(26)27-14)9-15(24)21-11-4-6-12(23)7-5-11/h1-8,23H,9H2,(H,21,24)/b14-8-. The average molecular weight is 423 g/mol. The molecule has 1 heterocycles. The van der Waals surface area contributed by atoms with Crippen LogP contribution in [0.2, 0.25) is 10.0 Å². The minimum absolute atomic E-state index is 0.0590. The molecule has 0 aliphatic carbocycles. The summed E-state index contributed by atoms with van der Waals surface area (Å²) in [6.45, 7) is -0.424. The highest BCUT2D eigenvalue weighted by Gasteiger charge is 2.36. The maximum atomic E-state index is 12.5. The maximum absolute atomic E-state index is 12.5. The van der Waals surface area contributed by atoms with Crippen molar-refractivity contribution in [1.29, 1.82) is 0 Å². The molecule has 0 spiro atoms. The summed E-state index contributed by atoms with van der Waals surface area (Å²) in [5.74, 6) is -1.06. The molecule has 2 N–H and O–H groups in total. The zero-order valence-electron chi connectivity index (χ0n) is 13.6. The van der Waals surface area contributed by atoms with Crippen LogP contribution in [0.3, 0.4) is 0 Å². The molecule has 0 unspecified atom stereocenters. The van der Waals surface area contributed by atoms with E-state index in [9.17, 15) is 19.5 Å². The molecule has 138 valence electrons. The summed E-state index contributed by atoms with van der Waals surface area (Å²) in [5.41, 5.74) is 0.939. The molecular formula is C18H12Cl2N2O4S. The van der Waals surface area contributed by atoms with Gasteiger partial charge >= 0.3 is 0 Å². The van der Waals surface area contributed by atoms with Crippen molar-refractivity contribution in [2.75, 3.05) is 11.9 Å². The summed E-state index contributed by atoms with van der Waals surface area (Å²) in [5, 5.41) is 11.8. The summed E-state index contributed by atoms with van der Waals surface area (Å²) < 4.78 is 0. The molecule has 0 radical (unpaired) electrons. The number of hydrogen-bond acceptors (Lipinski definition) is 5. The van der Waals surface area contributed by atoms with Gasteiger partial charge in [0.15, 0.2) is 0 Å². The molecule has 1 fully saturated rings. The number of carbonyl (C=O) groups excluding carboxylic acids is 3. The van der Waals surface area contributed by atoms with Gasteiger partial charge in [-0.2, -0.15) is 0 Å². The molecule has 2 aromatic carbocycles. The number of benzene rings is 2. The first-order valence-electron chi connectivity index (χ1n) is 7.63. The normalized spacial score (nSPS) is 15.5. The van der Waals surface area contributed by atoms with Gasteiger partial charge in [0.25, 0.3) is 11.1 Å². The number of phenols is 1. The summed E-state index contributed by atoms with van der Waals surface area (Å²) in [6, 6.07) is 10.8. The van der Waals surface area contributed by atoms with Crippen LogP contribution in [0, 0.1) is 0 Å². The van der Waals surface area contributed by atoms with Gasteiger partial charge in [-0.25, -0.2) is 0 Å². The molecule has 27 heavy (non-hydrogen) atoms. The molecule has 3 rings (SSSR count). The third kappa shape index (κ3) is 4.44. The Morgan fingerprint density at radius 3 is 2.56 bits per heavy atom. The molecule has 1 aliphatic heterocycles. The van der Waals surface area contributed by atoms with Crippen molar-refractivity contribution < 1.29 is 19.5 Å². The topological polar surface area (TPSA) is 86.7 Å². The first kappa shape index (κ1) is 19.3. The van der Waals surface area contributed by atoms with E-state index in [1.807, 2.05) is 0 Å². The van der Waals surface area contributed by atoms with Crippen molar-refractivity contribution in [2.24, 2.45) is 0 Å². The van der Waals surface area contributed by atoms with E-state index in [0.29, 0.717) is 16.3 Å². The number of halogens is 2. The lowest BCUT2D eigenvalue weighted by Crippen LogP contribution is -2.36. The number of amides is 3. The molecule has 0 bridgehead atoms. The van der Waals surface area contributed by atoms with Crippen molar-refractivity contribution >= 4 is 63.8 Å². The summed E-state index contributed by atoms with van der Waals surface area (Å²) in [7, 11) is 0. The Morgan fingerprint density at radius 2 is 1.85 bits per heavy atom. The van der Waals surface area contributed by atoms with E-state index in [0.717, 1.165) is 16.7 Å². The lowest BCUT2D eigenvalue weighted by Gasteiger charge is -2.12. The van der Waals surface area contributed by atoms with Crippen LogP contribution in [0.4, 0.5) is 10.5 Å². The van der Waals surface area contributed by atoms with E-state index >= 15 is 0 Å². The highest BCUT2D eigenvalue weighted by atomic mass is 35.5. The Hall–Kier alpha value is -2.48. The van der Waals surface area contributed by atoms with Crippen LogP contribution in [0.25, 0.3) is 6.08 Å². The first-order chi connectivity index (χ1) is 12.8. The number of carbonyl (C=O) groups is 3.